The summed E-state index contributed by atoms with van der Waals surface area (Å²) in [5.74, 6) is -1.67. The first kappa shape index (κ1) is 12.3. The highest BCUT2D eigenvalue weighted by atomic mass is 35.5. The van der Waals surface area contributed by atoms with Gasteiger partial charge in [0.25, 0.3) is 5.91 Å². The van der Waals surface area contributed by atoms with E-state index in [1.807, 2.05) is 0 Å². The minimum atomic E-state index is -0.727. The number of hydrogen-bond donors (Lipinski definition) is 2. The van der Waals surface area contributed by atoms with E-state index in [0.717, 1.165) is 18.2 Å². The zero-order valence-corrected chi connectivity index (χ0v) is 9.65. The van der Waals surface area contributed by atoms with E-state index in [1.165, 1.54) is 12.4 Å². The number of rotatable bonds is 2. The van der Waals surface area contributed by atoms with Crippen molar-refractivity contribution < 1.29 is 14.3 Å². The van der Waals surface area contributed by atoms with Crippen LogP contribution in [0.25, 0.3) is 0 Å². The highest BCUT2D eigenvalue weighted by molar-refractivity contribution is 6.32. The third-order valence-electron chi connectivity index (χ3n) is 2.09. The van der Waals surface area contributed by atoms with Gasteiger partial charge in [-0.1, -0.05) is 11.6 Å². The van der Waals surface area contributed by atoms with Crippen LogP contribution in [-0.2, 0) is 0 Å². The van der Waals surface area contributed by atoms with Crippen LogP contribution in [0.1, 0.15) is 10.4 Å². The number of aromatic hydroxyl groups is 1. The van der Waals surface area contributed by atoms with E-state index < -0.39 is 11.7 Å². The number of hydrogen-bond acceptors (Lipinski definition) is 4. The van der Waals surface area contributed by atoms with Crippen LogP contribution in [0.15, 0.2) is 30.6 Å². The monoisotopic (exact) mass is 267 g/mol. The molecule has 0 aliphatic carbocycles. The van der Waals surface area contributed by atoms with Gasteiger partial charge in [-0.25, -0.2) is 14.4 Å². The summed E-state index contributed by atoms with van der Waals surface area (Å²) in [4.78, 5) is 19.3. The fourth-order valence-corrected chi connectivity index (χ4v) is 1.42. The van der Waals surface area contributed by atoms with Crippen LogP contribution in [-0.4, -0.2) is 21.0 Å². The Bertz CT molecular complexity index is 607. The van der Waals surface area contributed by atoms with Gasteiger partial charge in [0.2, 0.25) is 0 Å². The highest BCUT2D eigenvalue weighted by Crippen LogP contribution is 2.21. The zero-order chi connectivity index (χ0) is 13.1. The standard InChI is InChI=1S/C11H7ClFN3O2/c12-9-10(15-4-3-14-9)16-11(18)7-5-6(13)1-2-8(7)17/h1-5,17H,(H,15,16,18). The third-order valence-corrected chi connectivity index (χ3v) is 2.37. The summed E-state index contributed by atoms with van der Waals surface area (Å²) in [5, 5.41) is 11.8. The van der Waals surface area contributed by atoms with Crippen molar-refractivity contribution in [3.05, 3.63) is 47.1 Å². The lowest BCUT2D eigenvalue weighted by Crippen LogP contribution is -2.14. The molecule has 0 aliphatic heterocycles. The summed E-state index contributed by atoms with van der Waals surface area (Å²) in [5.41, 5.74) is -0.211. The molecule has 0 aliphatic rings. The Kier molecular flexibility index (Phi) is 3.38. The second-order valence-corrected chi connectivity index (χ2v) is 3.67. The van der Waals surface area contributed by atoms with E-state index in [4.69, 9.17) is 11.6 Å². The number of halogens is 2. The first-order valence-corrected chi connectivity index (χ1v) is 5.22. The lowest BCUT2D eigenvalue weighted by atomic mass is 10.2. The molecule has 0 unspecified atom stereocenters. The molecule has 0 atom stereocenters. The Morgan fingerprint density at radius 1 is 1.33 bits per heavy atom. The van der Waals surface area contributed by atoms with Crippen molar-refractivity contribution in [3.8, 4) is 5.75 Å². The maximum Gasteiger partial charge on any atom is 0.260 e. The fourth-order valence-electron chi connectivity index (χ4n) is 1.27. The molecule has 0 bridgehead atoms. The number of carbonyl (C=O) groups excluding carboxylic acids is 1. The van der Waals surface area contributed by atoms with Crippen LogP contribution in [0.2, 0.25) is 5.15 Å². The van der Waals surface area contributed by atoms with Gasteiger partial charge in [0.15, 0.2) is 11.0 Å². The summed E-state index contributed by atoms with van der Waals surface area (Å²) in [6.07, 6.45) is 2.70. The molecule has 1 aromatic carbocycles. The molecular formula is C11H7ClFN3O2. The Morgan fingerprint density at radius 3 is 2.78 bits per heavy atom. The van der Waals surface area contributed by atoms with Gasteiger partial charge in [0.1, 0.15) is 11.6 Å². The summed E-state index contributed by atoms with van der Waals surface area (Å²) in [6, 6.07) is 3.04. The molecular weight excluding hydrogens is 261 g/mol. The van der Waals surface area contributed by atoms with Gasteiger partial charge in [-0.2, -0.15) is 0 Å². The molecule has 0 fully saturated rings. The molecule has 7 heteroatoms. The normalized spacial score (nSPS) is 10.1. The molecule has 5 nitrogen and oxygen atoms in total. The second-order valence-electron chi connectivity index (χ2n) is 3.31. The van der Waals surface area contributed by atoms with Gasteiger partial charge < -0.3 is 10.4 Å². The number of carbonyl (C=O) groups is 1. The Hall–Kier alpha value is -2.21. The molecule has 2 N–H and O–H groups in total. The van der Waals surface area contributed by atoms with E-state index in [9.17, 15) is 14.3 Å². The number of nitrogens with zero attached hydrogens (tertiary/aromatic N) is 2. The molecule has 18 heavy (non-hydrogen) atoms. The molecule has 0 radical (unpaired) electrons. The maximum atomic E-state index is 13.0. The van der Waals surface area contributed by atoms with Crippen LogP contribution in [0, 0.1) is 5.82 Å². The van der Waals surface area contributed by atoms with Crippen LogP contribution in [0.3, 0.4) is 0 Å². The predicted molar refractivity (Wildman–Crippen MR) is 63.1 cm³/mol. The number of phenols is 1. The van der Waals surface area contributed by atoms with Crippen molar-refractivity contribution in [3.63, 3.8) is 0 Å². The van der Waals surface area contributed by atoms with Gasteiger partial charge in [-0.3, -0.25) is 4.79 Å². The Labute approximate surface area is 106 Å². The smallest absolute Gasteiger partial charge is 0.260 e. The average Bonchev–Trinajstić information content (AvgIpc) is 2.35. The van der Waals surface area contributed by atoms with Crippen molar-refractivity contribution >= 4 is 23.3 Å². The van der Waals surface area contributed by atoms with E-state index in [2.05, 4.69) is 15.3 Å². The summed E-state index contributed by atoms with van der Waals surface area (Å²) < 4.78 is 13.0. The lowest BCUT2D eigenvalue weighted by molar-refractivity contribution is 0.102. The quantitative estimate of drug-likeness (QED) is 0.875. The van der Waals surface area contributed by atoms with Gasteiger partial charge in [0.05, 0.1) is 5.56 Å². The zero-order valence-electron chi connectivity index (χ0n) is 8.89. The van der Waals surface area contributed by atoms with E-state index in [1.54, 1.807) is 0 Å². The van der Waals surface area contributed by atoms with Crippen LogP contribution in [0.4, 0.5) is 10.2 Å². The highest BCUT2D eigenvalue weighted by Gasteiger charge is 2.14. The van der Waals surface area contributed by atoms with E-state index in [-0.39, 0.29) is 22.3 Å². The fraction of sp³-hybridized carbons (Fsp3) is 0. The van der Waals surface area contributed by atoms with Crippen molar-refractivity contribution in [2.75, 3.05) is 5.32 Å². The lowest BCUT2D eigenvalue weighted by Gasteiger charge is -2.06. The van der Waals surface area contributed by atoms with Crippen molar-refractivity contribution in [2.45, 2.75) is 0 Å². The van der Waals surface area contributed by atoms with Gasteiger partial charge >= 0.3 is 0 Å². The predicted octanol–water partition coefficient (Wildman–Crippen LogP) is 2.23. The largest absolute Gasteiger partial charge is 0.507 e. The number of nitrogens with one attached hydrogen (secondary N) is 1. The first-order chi connectivity index (χ1) is 8.58. The SMILES string of the molecule is O=C(Nc1nccnc1Cl)c1cc(F)ccc1O. The summed E-state index contributed by atoms with van der Waals surface area (Å²) in [6.45, 7) is 0. The summed E-state index contributed by atoms with van der Waals surface area (Å²) >= 11 is 5.70. The van der Waals surface area contributed by atoms with Gasteiger partial charge in [0, 0.05) is 12.4 Å². The molecule has 1 amide bonds. The number of aromatic nitrogens is 2. The van der Waals surface area contributed by atoms with Gasteiger partial charge in [-0.15, -0.1) is 0 Å². The molecule has 92 valence electrons. The topological polar surface area (TPSA) is 75.1 Å². The average molecular weight is 268 g/mol. The number of phenolic OH excluding ortho intramolecular Hbond substituents is 1. The van der Waals surface area contributed by atoms with Crippen molar-refractivity contribution in [2.24, 2.45) is 0 Å². The first-order valence-electron chi connectivity index (χ1n) is 4.84. The minimum Gasteiger partial charge on any atom is -0.507 e. The van der Waals surface area contributed by atoms with Crippen molar-refractivity contribution in [1.82, 2.24) is 9.97 Å². The van der Waals surface area contributed by atoms with Crippen LogP contribution < -0.4 is 5.32 Å². The Balaban J connectivity index is 2.28. The third kappa shape index (κ3) is 2.54. The van der Waals surface area contributed by atoms with Crippen LogP contribution >= 0.6 is 11.6 Å². The maximum absolute atomic E-state index is 13.0. The Morgan fingerprint density at radius 2 is 2.06 bits per heavy atom. The van der Waals surface area contributed by atoms with Gasteiger partial charge in [-0.05, 0) is 18.2 Å². The molecule has 1 aromatic heterocycles. The molecule has 2 aromatic rings. The summed E-state index contributed by atoms with van der Waals surface area (Å²) in [7, 11) is 0. The number of amides is 1. The minimum absolute atomic E-state index is 0.00161. The number of anilines is 1. The molecule has 0 saturated carbocycles. The van der Waals surface area contributed by atoms with E-state index in [0.29, 0.717) is 0 Å². The van der Waals surface area contributed by atoms with Crippen LogP contribution in [0.5, 0.6) is 5.75 Å². The number of benzene rings is 1. The molecule has 1 heterocycles. The van der Waals surface area contributed by atoms with E-state index >= 15 is 0 Å². The molecule has 0 spiro atoms. The molecule has 2 rings (SSSR count). The molecule has 0 saturated heterocycles. The second kappa shape index (κ2) is 4.97. The van der Waals surface area contributed by atoms with Crippen molar-refractivity contribution in [1.29, 1.82) is 0 Å².